The third kappa shape index (κ3) is 23.6. The second kappa shape index (κ2) is 46.9. The van der Waals surface area contributed by atoms with E-state index >= 15 is 0 Å². The molecular formula is C144H132N6. The van der Waals surface area contributed by atoms with Crippen LogP contribution in [-0.2, 0) is 25.7 Å². The van der Waals surface area contributed by atoms with Crippen molar-refractivity contribution in [1.82, 2.24) is 0 Å². The zero-order chi connectivity index (χ0) is 104. The summed E-state index contributed by atoms with van der Waals surface area (Å²) in [5, 5.41) is 0. The highest BCUT2D eigenvalue weighted by atomic mass is 15.2. The fourth-order valence-electron chi connectivity index (χ4n) is 20.1. The van der Waals surface area contributed by atoms with Crippen LogP contribution in [0, 0.1) is 69.2 Å². The number of anilines is 18. The second-order valence-electron chi connectivity index (χ2n) is 39.6. The maximum absolute atomic E-state index is 2.37. The van der Waals surface area contributed by atoms with E-state index in [1.54, 1.807) is 0 Å². The molecule has 21 aromatic rings. The van der Waals surface area contributed by atoms with Gasteiger partial charge in [0, 0.05) is 102 Å². The molecule has 0 amide bonds. The highest BCUT2D eigenvalue weighted by Crippen LogP contribution is 2.47. The van der Waals surface area contributed by atoms with Gasteiger partial charge in [0.2, 0.25) is 0 Å². The molecule has 0 aliphatic heterocycles. The largest absolute Gasteiger partial charge is 0.311 e. The summed E-state index contributed by atoms with van der Waals surface area (Å²) >= 11 is 0. The third-order valence-electron chi connectivity index (χ3n) is 28.8. The summed E-state index contributed by atoms with van der Waals surface area (Å²) in [6.45, 7) is 30.3. The van der Waals surface area contributed by atoms with Crippen molar-refractivity contribution in [2.45, 2.75) is 123 Å². The highest BCUT2D eigenvalue weighted by Gasteiger charge is 2.24. The minimum atomic E-state index is 0.976. The number of rotatable bonds is 28. The van der Waals surface area contributed by atoms with Crippen molar-refractivity contribution in [2.75, 3.05) is 29.4 Å². The first-order valence-corrected chi connectivity index (χ1v) is 52.9. The first kappa shape index (κ1) is 101. The summed E-state index contributed by atoms with van der Waals surface area (Å²) in [6, 6.07) is 182. The molecule has 0 fully saturated rings. The Bertz CT molecular complexity index is 7570. The lowest BCUT2D eigenvalue weighted by Gasteiger charge is -2.28. The molecular weight excluding hydrogens is 1810 g/mol. The van der Waals surface area contributed by atoms with Gasteiger partial charge < -0.3 is 29.4 Å². The molecule has 0 aliphatic carbocycles. The van der Waals surface area contributed by atoms with Gasteiger partial charge in [-0.2, -0.15) is 0 Å². The Morgan fingerprint density at radius 1 is 0.127 bits per heavy atom. The Hall–Kier alpha value is -17.6. The van der Waals surface area contributed by atoms with Crippen molar-refractivity contribution in [3.63, 3.8) is 0 Å². The highest BCUT2D eigenvalue weighted by molar-refractivity contribution is 5.89. The van der Waals surface area contributed by atoms with Gasteiger partial charge in [-0.15, -0.1) is 0 Å². The van der Waals surface area contributed by atoms with Crippen LogP contribution in [-0.4, -0.2) is 0 Å². The van der Waals surface area contributed by atoms with Crippen molar-refractivity contribution in [2.24, 2.45) is 0 Å². The van der Waals surface area contributed by atoms with E-state index in [4.69, 9.17) is 0 Å². The fourth-order valence-corrected chi connectivity index (χ4v) is 20.1. The molecule has 0 saturated carbocycles. The Balaban J connectivity index is 0.000000141. The van der Waals surface area contributed by atoms with E-state index in [1.807, 2.05) is 0 Å². The number of benzene rings is 21. The van der Waals surface area contributed by atoms with E-state index in [2.05, 4.69) is 624 Å². The minimum absolute atomic E-state index is 0.976. The lowest BCUT2D eigenvalue weighted by atomic mass is 9.99. The first-order chi connectivity index (χ1) is 73.2. The number of nitrogens with zero attached hydrogens (tertiary/aromatic N) is 6. The fraction of sp³-hybridized carbons (Fsp3) is 0.125. The van der Waals surface area contributed by atoms with E-state index in [1.165, 1.54) is 167 Å². The van der Waals surface area contributed by atoms with Gasteiger partial charge >= 0.3 is 0 Å². The zero-order valence-corrected chi connectivity index (χ0v) is 88.9. The number of hydrogen-bond acceptors (Lipinski definition) is 6. The topological polar surface area (TPSA) is 19.4 Å². The molecule has 0 unspecified atom stereocenters. The smallest absolute Gasteiger partial charge is 0.0493 e. The quantitative estimate of drug-likeness (QED) is 0.0483. The van der Waals surface area contributed by atoms with Crippen LogP contribution in [0.3, 0.4) is 0 Å². The standard InChI is InChI=1S/3C48H44N2/c1-33-7-21-43(22-8-33)49(47-29-11-35(3)31-37(47)5)45-25-17-41(18-26-45)39-13-15-40(16-14-39)42-19-27-46(28-20-42)50(44-23-9-34(2)10-24-44)48-30-12-36(4)32-38(48)6;1-5-37-11-27-45(28-12-37)49(43-23-7-35(3)8-24-43)47-31-19-41(20-32-47)39-15-17-40(18-16-39)42-21-33-48(34-22-42)50(44-25-9-36(4)10-26-44)46-29-13-38(6-2)14-30-46;1-5-37-11-7-9-13-47(37)49(43-27-15-35(3)16-28-43)45-31-23-41(24-32-45)39-19-21-40(22-20-39)42-25-33-46(34-26-42)50(44-29-17-36(4)18-30-44)48-14-10-8-12-38(48)6-2/h7-32H,1-6H3;2*7-34H,5-6H2,1-4H3. The van der Waals surface area contributed by atoms with E-state index in [0.717, 1.165) is 105 Å². The van der Waals surface area contributed by atoms with E-state index < -0.39 is 0 Å². The summed E-state index contributed by atoms with van der Waals surface area (Å²) in [4.78, 5) is 14.1. The molecule has 21 rings (SSSR count). The van der Waals surface area contributed by atoms with Gasteiger partial charge in [0.05, 0.1) is 0 Å². The molecule has 0 heterocycles. The minimum Gasteiger partial charge on any atom is -0.311 e. The van der Waals surface area contributed by atoms with Crippen LogP contribution in [0.5, 0.6) is 0 Å². The van der Waals surface area contributed by atoms with E-state index in [9.17, 15) is 0 Å². The SMILES string of the molecule is CCc1ccc(N(c2ccc(C)cc2)c2ccc(-c3ccc(-c4ccc(N(c5ccc(C)cc5)c5ccc(CC)cc5)cc4)cc3)cc2)cc1.CCc1ccccc1N(c1ccc(C)cc1)c1ccc(-c2ccc(-c3ccc(N(c4ccc(C)cc4)c4ccccc4CC)cc3)cc2)cc1.Cc1ccc(N(c2ccc(-c3ccc(-c4ccc(N(c5ccc(C)cc5)c5ccc(C)cc5C)cc4)cc3)cc2)c2ccc(C)cc2C)cc1. The summed E-state index contributed by atoms with van der Waals surface area (Å²) < 4.78 is 0. The number of hydrogen-bond donors (Lipinski definition) is 0. The molecule has 0 bridgehead atoms. The van der Waals surface area contributed by atoms with Crippen LogP contribution < -0.4 is 29.4 Å². The van der Waals surface area contributed by atoms with Crippen LogP contribution in [0.25, 0.3) is 66.8 Å². The number of para-hydroxylation sites is 2. The normalized spacial score (nSPS) is 11.0. The van der Waals surface area contributed by atoms with Gasteiger partial charge in [-0.25, -0.2) is 0 Å². The molecule has 738 valence electrons. The molecule has 150 heavy (non-hydrogen) atoms. The average Bonchev–Trinajstić information content (AvgIpc) is 0.802. The summed E-state index contributed by atoms with van der Waals surface area (Å²) in [5.74, 6) is 0. The lowest BCUT2D eigenvalue weighted by molar-refractivity contribution is 1.11. The van der Waals surface area contributed by atoms with E-state index in [0.29, 0.717) is 0 Å². The summed E-state index contributed by atoms with van der Waals surface area (Å²) in [6.07, 6.45) is 4.02. The Morgan fingerprint density at radius 3 is 0.447 bits per heavy atom. The molecule has 6 heteroatoms. The molecule has 0 aliphatic rings. The first-order valence-electron chi connectivity index (χ1n) is 52.9. The van der Waals surface area contributed by atoms with E-state index in [-0.39, 0.29) is 0 Å². The Labute approximate surface area is 890 Å². The summed E-state index contributed by atoms with van der Waals surface area (Å²) in [5.41, 5.74) is 53.3. The molecule has 0 atom stereocenters. The van der Waals surface area contributed by atoms with Gasteiger partial charge in [0.1, 0.15) is 0 Å². The Kier molecular flexibility index (Phi) is 31.6. The van der Waals surface area contributed by atoms with Crippen LogP contribution in [0.1, 0.15) is 106 Å². The molecule has 0 radical (unpaired) electrons. The van der Waals surface area contributed by atoms with Crippen LogP contribution in [0.4, 0.5) is 102 Å². The zero-order valence-electron chi connectivity index (χ0n) is 88.9. The average molecular weight is 1950 g/mol. The predicted octanol–water partition coefficient (Wildman–Crippen LogP) is 41.2. The van der Waals surface area contributed by atoms with Gasteiger partial charge in [0.25, 0.3) is 0 Å². The molecule has 0 saturated heterocycles. The maximum atomic E-state index is 2.37. The summed E-state index contributed by atoms with van der Waals surface area (Å²) in [7, 11) is 0. The van der Waals surface area contributed by atoms with Crippen molar-refractivity contribution >= 4 is 102 Å². The predicted molar refractivity (Wildman–Crippen MR) is 645 cm³/mol. The van der Waals surface area contributed by atoms with Gasteiger partial charge in [-0.05, 0) is 389 Å². The number of aryl methyl sites for hydroxylation is 14. The van der Waals surface area contributed by atoms with Gasteiger partial charge in [-0.1, -0.05) is 376 Å². The van der Waals surface area contributed by atoms with Gasteiger partial charge in [-0.3, -0.25) is 0 Å². The van der Waals surface area contributed by atoms with Crippen LogP contribution in [0.15, 0.2) is 497 Å². The molecule has 0 aromatic heterocycles. The molecule has 6 nitrogen and oxygen atoms in total. The molecule has 0 spiro atoms. The van der Waals surface area contributed by atoms with Crippen molar-refractivity contribution in [1.29, 1.82) is 0 Å². The van der Waals surface area contributed by atoms with Crippen LogP contribution in [0.2, 0.25) is 0 Å². The Morgan fingerprint density at radius 2 is 0.273 bits per heavy atom. The lowest BCUT2D eigenvalue weighted by Crippen LogP contribution is -2.12. The third-order valence-corrected chi connectivity index (χ3v) is 28.8. The van der Waals surface area contributed by atoms with Crippen molar-refractivity contribution in [3.05, 3.63) is 575 Å². The van der Waals surface area contributed by atoms with Crippen LogP contribution >= 0.6 is 0 Å². The maximum Gasteiger partial charge on any atom is 0.0493 e. The second-order valence-corrected chi connectivity index (χ2v) is 39.6. The molecule has 21 aromatic carbocycles. The molecule has 0 N–H and O–H groups in total. The van der Waals surface area contributed by atoms with Crippen molar-refractivity contribution in [3.8, 4) is 66.8 Å². The van der Waals surface area contributed by atoms with Gasteiger partial charge in [0.15, 0.2) is 0 Å². The van der Waals surface area contributed by atoms with Crippen molar-refractivity contribution < 1.29 is 0 Å². The monoisotopic (exact) mass is 1950 g/mol.